The van der Waals surface area contributed by atoms with Gasteiger partial charge in [-0.1, -0.05) is 37.1 Å². The van der Waals surface area contributed by atoms with Crippen LogP contribution in [0.5, 0.6) is 0 Å². The SMILES string of the molecule is C#CCN(C(N)=NCN=C(N)CC)C1CCc2ccccc21. The molecule has 1 aliphatic carbocycles. The van der Waals surface area contributed by atoms with Crippen molar-refractivity contribution in [2.24, 2.45) is 21.5 Å². The van der Waals surface area contributed by atoms with Crippen LogP contribution in [0.25, 0.3) is 0 Å². The number of hydrogen-bond acceptors (Lipinski definition) is 2. The number of rotatable bonds is 5. The van der Waals surface area contributed by atoms with Crippen LogP contribution in [0.15, 0.2) is 34.3 Å². The minimum Gasteiger partial charge on any atom is -0.387 e. The third-order valence-electron chi connectivity index (χ3n) is 3.90. The van der Waals surface area contributed by atoms with E-state index in [1.165, 1.54) is 11.1 Å². The summed E-state index contributed by atoms with van der Waals surface area (Å²) in [7, 11) is 0. The summed E-state index contributed by atoms with van der Waals surface area (Å²) in [4.78, 5) is 10.4. The van der Waals surface area contributed by atoms with E-state index in [-0.39, 0.29) is 12.7 Å². The summed E-state index contributed by atoms with van der Waals surface area (Å²) in [5.41, 5.74) is 14.5. The third-order valence-corrected chi connectivity index (χ3v) is 3.90. The molecule has 0 saturated heterocycles. The lowest BCUT2D eigenvalue weighted by molar-refractivity contribution is 0.343. The number of nitrogens with two attached hydrogens (primary N) is 2. The predicted octanol–water partition coefficient (Wildman–Crippen LogP) is 1.65. The van der Waals surface area contributed by atoms with Crippen molar-refractivity contribution < 1.29 is 0 Å². The average molecular weight is 297 g/mol. The zero-order chi connectivity index (χ0) is 15.9. The maximum absolute atomic E-state index is 6.14. The van der Waals surface area contributed by atoms with Crippen molar-refractivity contribution in [3.8, 4) is 12.3 Å². The Morgan fingerprint density at radius 2 is 2.14 bits per heavy atom. The van der Waals surface area contributed by atoms with Gasteiger partial charge in [0.15, 0.2) is 5.96 Å². The minimum absolute atomic E-state index is 0.184. The van der Waals surface area contributed by atoms with Crippen molar-refractivity contribution in [1.29, 1.82) is 0 Å². The van der Waals surface area contributed by atoms with Crippen molar-refractivity contribution >= 4 is 11.8 Å². The van der Waals surface area contributed by atoms with E-state index in [1.54, 1.807) is 0 Å². The van der Waals surface area contributed by atoms with Crippen molar-refractivity contribution in [2.75, 3.05) is 13.2 Å². The van der Waals surface area contributed by atoms with Crippen molar-refractivity contribution in [1.82, 2.24) is 4.90 Å². The van der Waals surface area contributed by atoms with Crippen LogP contribution in [0.4, 0.5) is 0 Å². The van der Waals surface area contributed by atoms with Gasteiger partial charge in [-0.3, -0.25) is 0 Å². The van der Waals surface area contributed by atoms with Gasteiger partial charge in [-0.05, 0) is 24.0 Å². The molecule has 2 rings (SSSR count). The van der Waals surface area contributed by atoms with Crippen molar-refractivity contribution in [3.05, 3.63) is 35.4 Å². The highest BCUT2D eigenvalue weighted by Crippen LogP contribution is 2.35. The Hall–Kier alpha value is -2.48. The Bertz CT molecular complexity index is 612. The van der Waals surface area contributed by atoms with E-state index in [2.05, 4.69) is 34.1 Å². The van der Waals surface area contributed by atoms with E-state index in [4.69, 9.17) is 17.9 Å². The molecule has 1 unspecified atom stereocenters. The van der Waals surface area contributed by atoms with Gasteiger partial charge in [0.25, 0.3) is 0 Å². The number of aliphatic imine (C=N–C) groups is 2. The van der Waals surface area contributed by atoms with Crippen LogP contribution < -0.4 is 11.5 Å². The lowest BCUT2D eigenvalue weighted by Crippen LogP contribution is -2.40. The smallest absolute Gasteiger partial charge is 0.194 e. The first-order valence-electron chi connectivity index (χ1n) is 7.54. The lowest BCUT2D eigenvalue weighted by Gasteiger charge is -2.28. The molecule has 0 bridgehead atoms. The summed E-state index contributed by atoms with van der Waals surface area (Å²) in [5, 5.41) is 0. The maximum Gasteiger partial charge on any atom is 0.194 e. The number of terminal acetylenes is 1. The molecule has 0 spiro atoms. The highest BCUT2D eigenvalue weighted by atomic mass is 15.3. The lowest BCUT2D eigenvalue weighted by atomic mass is 10.1. The Labute approximate surface area is 132 Å². The normalized spacial score (nSPS) is 17.9. The number of amidine groups is 1. The third kappa shape index (κ3) is 3.59. The monoisotopic (exact) mass is 297 g/mol. The molecule has 1 atom stereocenters. The van der Waals surface area contributed by atoms with Crippen LogP contribution >= 0.6 is 0 Å². The van der Waals surface area contributed by atoms with E-state index in [0.717, 1.165) is 12.8 Å². The first kappa shape index (κ1) is 15.9. The number of nitrogens with zero attached hydrogens (tertiary/aromatic N) is 3. The molecule has 5 nitrogen and oxygen atoms in total. The first-order chi connectivity index (χ1) is 10.7. The molecule has 0 aromatic heterocycles. The Kier molecular flexibility index (Phi) is 5.42. The number of fused-ring (bicyclic) bond motifs is 1. The molecular formula is C17H23N5. The van der Waals surface area contributed by atoms with Gasteiger partial charge in [-0.2, -0.15) is 0 Å². The fourth-order valence-corrected chi connectivity index (χ4v) is 2.71. The van der Waals surface area contributed by atoms with Crippen molar-refractivity contribution in [2.45, 2.75) is 32.2 Å². The minimum atomic E-state index is 0.184. The van der Waals surface area contributed by atoms with Gasteiger partial charge in [0.1, 0.15) is 6.67 Å². The van der Waals surface area contributed by atoms with Gasteiger partial charge in [0.2, 0.25) is 0 Å². The molecular weight excluding hydrogens is 274 g/mol. The second-order valence-corrected chi connectivity index (χ2v) is 5.25. The number of guanidine groups is 1. The summed E-state index contributed by atoms with van der Waals surface area (Å²) in [5.74, 6) is 3.67. The second kappa shape index (κ2) is 7.51. The van der Waals surface area contributed by atoms with Crippen molar-refractivity contribution in [3.63, 3.8) is 0 Å². The second-order valence-electron chi connectivity index (χ2n) is 5.25. The number of benzene rings is 1. The molecule has 1 aliphatic rings. The van der Waals surface area contributed by atoms with Gasteiger partial charge < -0.3 is 16.4 Å². The van der Waals surface area contributed by atoms with Crippen LogP contribution in [0.2, 0.25) is 0 Å². The maximum atomic E-state index is 6.14. The average Bonchev–Trinajstić information content (AvgIpc) is 2.96. The summed E-state index contributed by atoms with van der Waals surface area (Å²) in [6, 6.07) is 8.58. The molecule has 1 aromatic rings. The van der Waals surface area contributed by atoms with Crippen LogP contribution in [0.1, 0.15) is 36.9 Å². The predicted molar refractivity (Wildman–Crippen MR) is 91.4 cm³/mol. The van der Waals surface area contributed by atoms with Gasteiger partial charge in [-0.25, -0.2) is 9.98 Å². The van der Waals surface area contributed by atoms with Gasteiger partial charge in [-0.15, -0.1) is 6.42 Å². The molecule has 0 saturated carbocycles. The molecule has 0 fully saturated rings. The largest absolute Gasteiger partial charge is 0.387 e. The molecule has 116 valence electrons. The quantitative estimate of drug-likeness (QED) is 0.492. The molecule has 0 radical (unpaired) electrons. The van der Waals surface area contributed by atoms with E-state index >= 15 is 0 Å². The van der Waals surface area contributed by atoms with Gasteiger partial charge in [0, 0.05) is 6.42 Å². The van der Waals surface area contributed by atoms with E-state index < -0.39 is 0 Å². The summed E-state index contributed by atoms with van der Waals surface area (Å²) in [6.07, 6.45) is 8.25. The summed E-state index contributed by atoms with van der Waals surface area (Å²) >= 11 is 0. The Morgan fingerprint density at radius 3 is 2.86 bits per heavy atom. The van der Waals surface area contributed by atoms with Crippen LogP contribution in [0, 0.1) is 12.3 Å². The highest BCUT2D eigenvalue weighted by Gasteiger charge is 2.28. The zero-order valence-electron chi connectivity index (χ0n) is 13.0. The summed E-state index contributed by atoms with van der Waals surface area (Å²) in [6.45, 7) is 2.62. The highest BCUT2D eigenvalue weighted by molar-refractivity contribution is 5.81. The molecule has 1 aromatic carbocycles. The van der Waals surface area contributed by atoms with E-state index in [9.17, 15) is 0 Å². The van der Waals surface area contributed by atoms with E-state index in [1.807, 2.05) is 17.9 Å². The van der Waals surface area contributed by atoms with Gasteiger partial charge >= 0.3 is 0 Å². The molecule has 0 amide bonds. The summed E-state index contributed by atoms with van der Waals surface area (Å²) < 4.78 is 0. The molecule has 0 aliphatic heterocycles. The standard InChI is InChI=1S/C17H23N5/c1-3-11-22(17(19)21-12-20-16(18)4-2)15-10-9-13-7-5-6-8-14(13)15/h1,5-8,15H,4,9-12H2,2H3,(H2,18,20)(H2,19,21). The topological polar surface area (TPSA) is 80.0 Å². The first-order valence-corrected chi connectivity index (χ1v) is 7.54. The van der Waals surface area contributed by atoms with Crippen LogP contribution in [0.3, 0.4) is 0 Å². The Balaban J connectivity index is 2.17. The molecule has 5 heteroatoms. The molecule has 22 heavy (non-hydrogen) atoms. The fraction of sp³-hybridized carbons (Fsp3) is 0.412. The van der Waals surface area contributed by atoms with E-state index in [0.29, 0.717) is 24.8 Å². The Morgan fingerprint density at radius 1 is 1.36 bits per heavy atom. The van der Waals surface area contributed by atoms with Crippen LogP contribution in [-0.2, 0) is 6.42 Å². The fourth-order valence-electron chi connectivity index (χ4n) is 2.71. The van der Waals surface area contributed by atoms with Crippen LogP contribution in [-0.4, -0.2) is 29.9 Å². The number of aryl methyl sites for hydroxylation is 1. The zero-order valence-corrected chi connectivity index (χ0v) is 13.0. The number of hydrogen-bond donors (Lipinski definition) is 2. The molecule has 0 heterocycles. The molecule has 4 N–H and O–H groups in total. The van der Waals surface area contributed by atoms with Gasteiger partial charge in [0.05, 0.1) is 18.4 Å².